The number of rotatable bonds is 3. The molecule has 1 unspecified atom stereocenters. The van der Waals surface area contributed by atoms with Crippen molar-refractivity contribution in [2.45, 2.75) is 25.2 Å². The van der Waals surface area contributed by atoms with E-state index in [0.717, 1.165) is 37.7 Å². The van der Waals surface area contributed by atoms with E-state index in [1.54, 1.807) is 22.6 Å². The van der Waals surface area contributed by atoms with Gasteiger partial charge in [0.1, 0.15) is 5.69 Å². The van der Waals surface area contributed by atoms with E-state index in [4.69, 9.17) is 5.73 Å². The molecule has 1 aromatic carbocycles. The molecule has 0 bridgehead atoms. The number of halogens is 3. The van der Waals surface area contributed by atoms with Crippen molar-refractivity contribution in [1.82, 2.24) is 24.5 Å². The van der Waals surface area contributed by atoms with E-state index in [2.05, 4.69) is 20.1 Å². The second-order valence-electron chi connectivity index (χ2n) is 7.64. The summed E-state index contributed by atoms with van der Waals surface area (Å²) < 4.78 is 42.1. The third-order valence-electron chi connectivity index (χ3n) is 5.43. The van der Waals surface area contributed by atoms with Crippen LogP contribution in [0.4, 0.5) is 13.2 Å². The number of hydrogen-bond donors (Lipinski definition) is 1. The zero-order valence-corrected chi connectivity index (χ0v) is 16.0. The van der Waals surface area contributed by atoms with Gasteiger partial charge in [0.05, 0.1) is 11.1 Å². The number of hydrogen-bond acceptors (Lipinski definition) is 5. The molecular formula is C21H19F3N6. The normalized spacial score (nSPS) is 17.9. The Labute approximate surface area is 170 Å². The van der Waals surface area contributed by atoms with Crippen molar-refractivity contribution in [3.8, 4) is 11.5 Å². The molecule has 1 atom stereocenters. The van der Waals surface area contributed by atoms with Crippen molar-refractivity contribution in [3.63, 3.8) is 0 Å². The molecule has 0 spiro atoms. The van der Waals surface area contributed by atoms with Crippen LogP contribution in [0.25, 0.3) is 28.1 Å². The highest BCUT2D eigenvalue weighted by molar-refractivity contribution is 5.84. The summed E-state index contributed by atoms with van der Waals surface area (Å²) in [6.45, 7) is 2.53. The summed E-state index contributed by atoms with van der Waals surface area (Å²) in [5.41, 5.74) is 7.13. The van der Waals surface area contributed by atoms with E-state index in [9.17, 15) is 13.2 Å². The standard InChI is InChI=1S/C21H19F3N6/c22-21(23,24)16-3-1-2-14-5-6-17(26-19(14)16)20-28-27-18-7-4-13(11-30(18)20)10-29-9-8-15(25)12-29/h1-7,11,15H,8-10,12,25H2. The quantitative estimate of drug-likeness (QED) is 0.558. The number of para-hydroxylation sites is 1. The zero-order valence-electron chi connectivity index (χ0n) is 16.0. The summed E-state index contributed by atoms with van der Waals surface area (Å²) in [7, 11) is 0. The van der Waals surface area contributed by atoms with Crippen LogP contribution in [0.1, 0.15) is 17.5 Å². The minimum absolute atomic E-state index is 0.0959. The van der Waals surface area contributed by atoms with Gasteiger partial charge in [0.15, 0.2) is 11.5 Å². The summed E-state index contributed by atoms with van der Waals surface area (Å²) in [4.78, 5) is 6.58. The van der Waals surface area contributed by atoms with Gasteiger partial charge in [-0.05, 0) is 30.2 Å². The van der Waals surface area contributed by atoms with Crippen molar-refractivity contribution >= 4 is 16.6 Å². The number of aromatic nitrogens is 4. The van der Waals surface area contributed by atoms with E-state index < -0.39 is 11.7 Å². The highest BCUT2D eigenvalue weighted by Gasteiger charge is 2.33. The van der Waals surface area contributed by atoms with Crippen molar-refractivity contribution < 1.29 is 13.2 Å². The predicted molar refractivity (Wildman–Crippen MR) is 107 cm³/mol. The number of nitrogens with zero attached hydrogens (tertiary/aromatic N) is 5. The van der Waals surface area contributed by atoms with Gasteiger partial charge in [0.25, 0.3) is 0 Å². The van der Waals surface area contributed by atoms with Crippen LogP contribution >= 0.6 is 0 Å². The Bertz CT molecular complexity index is 1230. The Hall–Kier alpha value is -3.04. The summed E-state index contributed by atoms with van der Waals surface area (Å²) >= 11 is 0. The third-order valence-corrected chi connectivity index (χ3v) is 5.43. The topological polar surface area (TPSA) is 72.3 Å². The first-order valence-corrected chi connectivity index (χ1v) is 9.67. The Morgan fingerprint density at radius 3 is 2.70 bits per heavy atom. The molecule has 3 aromatic heterocycles. The monoisotopic (exact) mass is 412 g/mol. The third kappa shape index (κ3) is 3.40. The van der Waals surface area contributed by atoms with Crippen LogP contribution in [0.2, 0.25) is 0 Å². The van der Waals surface area contributed by atoms with Crippen LogP contribution in [-0.2, 0) is 12.7 Å². The van der Waals surface area contributed by atoms with E-state index in [0.29, 0.717) is 22.6 Å². The van der Waals surface area contributed by atoms with Crippen LogP contribution in [0.3, 0.4) is 0 Å². The second-order valence-corrected chi connectivity index (χ2v) is 7.64. The lowest BCUT2D eigenvalue weighted by atomic mass is 10.1. The molecule has 1 aliphatic heterocycles. The average Bonchev–Trinajstić information content (AvgIpc) is 3.32. The number of nitrogens with two attached hydrogens (primary N) is 1. The first-order chi connectivity index (χ1) is 14.4. The molecule has 4 aromatic rings. The Balaban J connectivity index is 1.57. The van der Waals surface area contributed by atoms with Crippen LogP contribution in [0, 0.1) is 0 Å². The van der Waals surface area contributed by atoms with Crippen molar-refractivity contribution in [3.05, 3.63) is 59.8 Å². The molecule has 6 nitrogen and oxygen atoms in total. The van der Waals surface area contributed by atoms with E-state index in [1.165, 1.54) is 6.07 Å². The van der Waals surface area contributed by atoms with Crippen LogP contribution in [0.15, 0.2) is 48.7 Å². The minimum atomic E-state index is -4.48. The van der Waals surface area contributed by atoms with E-state index in [1.807, 2.05) is 18.3 Å². The Kier molecular flexibility index (Phi) is 4.44. The fourth-order valence-electron chi connectivity index (χ4n) is 3.97. The molecule has 5 rings (SSSR count). The van der Waals surface area contributed by atoms with Gasteiger partial charge < -0.3 is 5.73 Å². The van der Waals surface area contributed by atoms with Gasteiger partial charge in [0.2, 0.25) is 0 Å². The van der Waals surface area contributed by atoms with Gasteiger partial charge in [0, 0.05) is 37.3 Å². The van der Waals surface area contributed by atoms with Crippen molar-refractivity contribution in [2.75, 3.05) is 13.1 Å². The fraction of sp³-hybridized carbons (Fsp3) is 0.286. The summed E-state index contributed by atoms with van der Waals surface area (Å²) in [6, 6.07) is 11.4. The number of alkyl halides is 3. The molecule has 2 N–H and O–H groups in total. The SMILES string of the molecule is NC1CCN(Cc2ccc3nnc(-c4ccc5cccc(C(F)(F)F)c5n4)n3c2)C1. The van der Waals surface area contributed by atoms with Gasteiger partial charge in [-0.25, -0.2) is 4.98 Å². The van der Waals surface area contributed by atoms with Gasteiger partial charge >= 0.3 is 6.18 Å². The van der Waals surface area contributed by atoms with Crippen LogP contribution in [-0.4, -0.2) is 43.6 Å². The lowest BCUT2D eigenvalue weighted by molar-refractivity contribution is -0.136. The summed E-state index contributed by atoms with van der Waals surface area (Å²) in [5.74, 6) is 0.406. The highest BCUT2D eigenvalue weighted by atomic mass is 19.4. The molecule has 0 aliphatic carbocycles. The summed E-state index contributed by atoms with van der Waals surface area (Å²) in [6.07, 6.45) is -1.60. The molecule has 4 heterocycles. The largest absolute Gasteiger partial charge is 0.418 e. The van der Waals surface area contributed by atoms with Crippen LogP contribution < -0.4 is 5.73 Å². The molecule has 154 valence electrons. The average molecular weight is 412 g/mol. The van der Waals surface area contributed by atoms with Crippen molar-refractivity contribution in [2.24, 2.45) is 5.73 Å². The number of fused-ring (bicyclic) bond motifs is 2. The number of benzene rings is 1. The Morgan fingerprint density at radius 1 is 1.07 bits per heavy atom. The molecule has 9 heteroatoms. The zero-order chi connectivity index (χ0) is 20.9. The first kappa shape index (κ1) is 19.0. The van der Waals surface area contributed by atoms with Gasteiger partial charge in [-0.3, -0.25) is 9.30 Å². The molecular weight excluding hydrogens is 393 g/mol. The number of pyridine rings is 2. The smallest absolute Gasteiger partial charge is 0.326 e. The fourth-order valence-corrected chi connectivity index (χ4v) is 3.97. The van der Waals surface area contributed by atoms with Gasteiger partial charge in [-0.1, -0.05) is 24.3 Å². The number of likely N-dealkylation sites (tertiary alicyclic amines) is 1. The van der Waals surface area contributed by atoms with Gasteiger partial charge in [-0.15, -0.1) is 10.2 Å². The maximum atomic E-state index is 13.4. The minimum Gasteiger partial charge on any atom is -0.326 e. The van der Waals surface area contributed by atoms with Crippen LogP contribution in [0.5, 0.6) is 0 Å². The Morgan fingerprint density at radius 2 is 1.93 bits per heavy atom. The highest BCUT2D eigenvalue weighted by Crippen LogP contribution is 2.34. The molecule has 1 saturated heterocycles. The van der Waals surface area contributed by atoms with E-state index in [-0.39, 0.29) is 11.6 Å². The first-order valence-electron chi connectivity index (χ1n) is 9.67. The maximum Gasteiger partial charge on any atom is 0.418 e. The molecule has 0 radical (unpaired) electrons. The maximum absolute atomic E-state index is 13.4. The van der Waals surface area contributed by atoms with E-state index >= 15 is 0 Å². The molecule has 0 amide bonds. The van der Waals surface area contributed by atoms with Crippen molar-refractivity contribution in [1.29, 1.82) is 0 Å². The molecule has 0 saturated carbocycles. The predicted octanol–water partition coefficient (Wildman–Crippen LogP) is 3.50. The molecule has 1 aliphatic rings. The molecule has 30 heavy (non-hydrogen) atoms. The second kappa shape index (κ2) is 7.03. The molecule has 1 fully saturated rings. The lowest BCUT2D eigenvalue weighted by Gasteiger charge is -2.15. The summed E-state index contributed by atoms with van der Waals surface area (Å²) in [5, 5.41) is 8.76. The van der Waals surface area contributed by atoms with Gasteiger partial charge in [-0.2, -0.15) is 13.2 Å². The lowest BCUT2D eigenvalue weighted by Crippen LogP contribution is -2.26.